The van der Waals surface area contributed by atoms with Crippen LogP contribution in [0, 0.1) is 5.92 Å². The van der Waals surface area contributed by atoms with Gasteiger partial charge in [-0.1, -0.05) is 0 Å². The zero-order valence-electron chi connectivity index (χ0n) is 13.0. The van der Waals surface area contributed by atoms with Gasteiger partial charge in [-0.3, -0.25) is 4.98 Å². The van der Waals surface area contributed by atoms with E-state index in [0.717, 1.165) is 48.6 Å². The van der Waals surface area contributed by atoms with Gasteiger partial charge < -0.3 is 14.6 Å². The first-order valence-electron chi connectivity index (χ1n) is 8.46. The third-order valence-corrected chi connectivity index (χ3v) is 5.02. The molecule has 1 atom stereocenters. The van der Waals surface area contributed by atoms with Crippen molar-refractivity contribution in [2.45, 2.75) is 25.4 Å². The lowest BCUT2D eigenvalue weighted by atomic mass is 10.1. The first-order chi connectivity index (χ1) is 11.4. The third kappa shape index (κ3) is 2.36. The number of aromatic amines is 1. The average molecular weight is 308 g/mol. The molecule has 0 spiro atoms. The molecule has 3 aromatic heterocycles. The topological polar surface area (TPSA) is 54.0 Å². The number of fused-ring (bicyclic) bond motifs is 3. The van der Waals surface area contributed by atoms with E-state index >= 15 is 0 Å². The second-order valence-corrected chi connectivity index (χ2v) is 6.72. The fourth-order valence-electron chi connectivity index (χ4n) is 3.54. The molecule has 23 heavy (non-hydrogen) atoms. The quantitative estimate of drug-likeness (QED) is 0.804. The Bertz CT molecular complexity index is 854. The highest BCUT2D eigenvalue weighted by atomic mass is 16.5. The summed E-state index contributed by atoms with van der Waals surface area (Å²) in [6.45, 7) is 2.96. The van der Waals surface area contributed by atoms with Crippen LogP contribution in [0.4, 0.5) is 5.69 Å². The van der Waals surface area contributed by atoms with Crippen molar-refractivity contribution in [3.8, 4) is 0 Å². The molecule has 2 fully saturated rings. The van der Waals surface area contributed by atoms with E-state index in [9.17, 15) is 0 Å². The number of rotatable bonds is 4. The van der Waals surface area contributed by atoms with Crippen LogP contribution in [0.2, 0.25) is 0 Å². The van der Waals surface area contributed by atoms with Crippen molar-refractivity contribution in [3.05, 3.63) is 30.7 Å². The van der Waals surface area contributed by atoms with Crippen molar-refractivity contribution < 1.29 is 4.74 Å². The van der Waals surface area contributed by atoms with Crippen molar-refractivity contribution in [1.29, 1.82) is 0 Å². The Morgan fingerprint density at radius 3 is 3.09 bits per heavy atom. The van der Waals surface area contributed by atoms with E-state index in [2.05, 4.69) is 32.0 Å². The predicted molar refractivity (Wildman–Crippen MR) is 90.7 cm³/mol. The van der Waals surface area contributed by atoms with E-state index in [4.69, 9.17) is 4.74 Å². The van der Waals surface area contributed by atoms with E-state index < -0.39 is 0 Å². The van der Waals surface area contributed by atoms with Crippen molar-refractivity contribution in [2.24, 2.45) is 5.92 Å². The number of pyridine rings is 2. The molecule has 1 N–H and O–H groups in total. The Labute approximate surface area is 134 Å². The maximum Gasteiger partial charge on any atom is 0.138 e. The van der Waals surface area contributed by atoms with Crippen molar-refractivity contribution in [3.63, 3.8) is 0 Å². The van der Waals surface area contributed by atoms with Crippen molar-refractivity contribution in [1.82, 2.24) is 15.0 Å². The smallest absolute Gasteiger partial charge is 0.138 e. The summed E-state index contributed by atoms with van der Waals surface area (Å²) in [7, 11) is 0. The van der Waals surface area contributed by atoms with E-state index in [0.29, 0.717) is 6.10 Å². The minimum atomic E-state index is 0.363. The number of nitrogens with one attached hydrogen (secondary N) is 1. The van der Waals surface area contributed by atoms with Crippen LogP contribution >= 0.6 is 0 Å². The lowest BCUT2D eigenvalue weighted by molar-refractivity contribution is 0.0605. The summed E-state index contributed by atoms with van der Waals surface area (Å²) in [6.07, 6.45) is 9.86. The number of anilines is 1. The fourth-order valence-corrected chi connectivity index (χ4v) is 3.54. The minimum Gasteiger partial charge on any atom is -0.376 e. The third-order valence-electron chi connectivity index (χ3n) is 5.02. The van der Waals surface area contributed by atoms with Crippen LogP contribution in [-0.4, -0.2) is 40.8 Å². The van der Waals surface area contributed by atoms with Gasteiger partial charge in [-0.25, -0.2) is 4.98 Å². The van der Waals surface area contributed by atoms with Crippen LogP contribution < -0.4 is 4.90 Å². The SMILES string of the molecule is c1cc(N2CCC(OCC3CC3)C2)c2c(cnc3[nH]ccc32)n1. The maximum atomic E-state index is 6.09. The summed E-state index contributed by atoms with van der Waals surface area (Å²) in [5.41, 5.74) is 3.13. The predicted octanol–water partition coefficient (Wildman–Crippen LogP) is 3.12. The highest BCUT2D eigenvalue weighted by Crippen LogP contribution is 2.34. The monoisotopic (exact) mass is 308 g/mol. The summed E-state index contributed by atoms with van der Waals surface area (Å²) in [4.78, 5) is 14.6. The Kier molecular flexibility index (Phi) is 3.01. The van der Waals surface area contributed by atoms with Gasteiger partial charge in [0.2, 0.25) is 0 Å². The van der Waals surface area contributed by atoms with Gasteiger partial charge in [0.05, 0.1) is 17.8 Å². The lowest BCUT2D eigenvalue weighted by Gasteiger charge is -2.20. The highest BCUT2D eigenvalue weighted by Gasteiger charge is 2.28. The normalized spacial score (nSPS) is 21.6. The zero-order valence-corrected chi connectivity index (χ0v) is 13.0. The number of hydrogen-bond donors (Lipinski definition) is 1. The molecule has 118 valence electrons. The van der Waals surface area contributed by atoms with Crippen LogP contribution in [0.5, 0.6) is 0 Å². The van der Waals surface area contributed by atoms with Gasteiger partial charge in [-0.05, 0) is 37.3 Å². The Balaban J connectivity index is 1.48. The van der Waals surface area contributed by atoms with E-state index in [1.54, 1.807) is 0 Å². The molecule has 1 aliphatic carbocycles. The number of aromatic nitrogens is 3. The van der Waals surface area contributed by atoms with Crippen molar-refractivity contribution in [2.75, 3.05) is 24.6 Å². The van der Waals surface area contributed by atoms with Gasteiger partial charge >= 0.3 is 0 Å². The highest BCUT2D eigenvalue weighted by molar-refractivity contribution is 6.10. The van der Waals surface area contributed by atoms with E-state index in [1.807, 2.05) is 18.6 Å². The standard InChI is InChI=1S/C18H20N4O/c1-2-12(1)11-23-13-5-8-22(10-13)16-4-7-19-15-9-21-18-14(17(15)16)3-6-20-18/h3-4,6-7,9,12-13H,1-2,5,8,10-11H2,(H,20,21). The first kappa shape index (κ1) is 13.3. The van der Waals surface area contributed by atoms with Crippen LogP contribution in [0.3, 0.4) is 0 Å². The molecule has 5 heteroatoms. The summed E-state index contributed by atoms with van der Waals surface area (Å²) in [5, 5.41) is 2.34. The van der Waals surface area contributed by atoms with Gasteiger partial charge in [0, 0.05) is 48.5 Å². The lowest BCUT2D eigenvalue weighted by Crippen LogP contribution is -2.23. The molecule has 0 amide bonds. The van der Waals surface area contributed by atoms with Crippen molar-refractivity contribution >= 4 is 27.6 Å². The molecule has 1 saturated carbocycles. The largest absolute Gasteiger partial charge is 0.376 e. The van der Waals surface area contributed by atoms with Gasteiger partial charge in [0.25, 0.3) is 0 Å². The van der Waals surface area contributed by atoms with Crippen LogP contribution in [0.25, 0.3) is 21.9 Å². The number of nitrogens with zero attached hydrogens (tertiary/aromatic N) is 3. The Hall–Kier alpha value is -2.14. The number of H-pyrrole nitrogens is 1. The van der Waals surface area contributed by atoms with Gasteiger partial charge in [0.1, 0.15) is 5.65 Å². The van der Waals surface area contributed by atoms with Crippen LogP contribution in [-0.2, 0) is 4.74 Å². The molecule has 3 aromatic rings. The van der Waals surface area contributed by atoms with Crippen LogP contribution in [0.15, 0.2) is 30.7 Å². The molecule has 1 unspecified atom stereocenters. The second-order valence-electron chi connectivity index (χ2n) is 6.72. The first-order valence-corrected chi connectivity index (χ1v) is 8.46. The summed E-state index contributed by atoms with van der Waals surface area (Å²) in [6, 6.07) is 4.21. The van der Waals surface area contributed by atoms with E-state index in [1.165, 1.54) is 23.9 Å². The Morgan fingerprint density at radius 2 is 2.17 bits per heavy atom. The molecule has 1 saturated heterocycles. The molecular weight excluding hydrogens is 288 g/mol. The molecule has 4 heterocycles. The fraction of sp³-hybridized carbons (Fsp3) is 0.444. The molecule has 2 aliphatic rings. The van der Waals surface area contributed by atoms with Gasteiger partial charge in [0.15, 0.2) is 0 Å². The summed E-state index contributed by atoms with van der Waals surface area (Å²) in [5.74, 6) is 0.830. The second kappa shape index (κ2) is 5.20. The molecule has 0 bridgehead atoms. The molecule has 5 rings (SSSR count). The molecule has 0 aromatic carbocycles. The molecule has 1 aliphatic heterocycles. The van der Waals surface area contributed by atoms with Gasteiger partial charge in [-0.2, -0.15) is 0 Å². The maximum absolute atomic E-state index is 6.09. The van der Waals surface area contributed by atoms with Crippen LogP contribution in [0.1, 0.15) is 19.3 Å². The molecule has 5 nitrogen and oxygen atoms in total. The number of hydrogen-bond acceptors (Lipinski definition) is 4. The van der Waals surface area contributed by atoms with E-state index in [-0.39, 0.29) is 0 Å². The molecule has 0 radical (unpaired) electrons. The molecular formula is C18H20N4O. The summed E-state index contributed by atoms with van der Waals surface area (Å²) >= 11 is 0. The summed E-state index contributed by atoms with van der Waals surface area (Å²) < 4.78 is 6.09. The average Bonchev–Trinajstić information content (AvgIpc) is 3.10. The Morgan fingerprint density at radius 1 is 1.22 bits per heavy atom. The number of ether oxygens (including phenoxy) is 1. The minimum absolute atomic E-state index is 0.363. The van der Waals surface area contributed by atoms with Gasteiger partial charge in [-0.15, -0.1) is 0 Å². The zero-order chi connectivity index (χ0) is 15.2.